The first-order valence-electron chi connectivity index (χ1n) is 8.95. The minimum absolute atomic E-state index is 0.173. The number of para-hydroxylation sites is 1. The van der Waals surface area contributed by atoms with Crippen molar-refractivity contribution < 1.29 is 9.53 Å². The summed E-state index contributed by atoms with van der Waals surface area (Å²) in [5.74, 6) is 1.76. The Kier molecular flexibility index (Phi) is 6.73. The molecule has 8 heteroatoms. The Morgan fingerprint density at radius 3 is 2.39 bits per heavy atom. The average molecular weight is 378 g/mol. The number of pyridine rings is 1. The second-order valence-corrected chi connectivity index (χ2v) is 5.96. The van der Waals surface area contributed by atoms with Gasteiger partial charge < -0.3 is 20.7 Å². The number of carbonyl (C=O) groups excluding carboxylic acids is 1. The lowest BCUT2D eigenvalue weighted by atomic mass is 10.3. The number of hydrogen-bond donors (Lipinski definition) is 3. The third kappa shape index (κ3) is 5.94. The second kappa shape index (κ2) is 9.86. The fourth-order valence-corrected chi connectivity index (χ4v) is 2.35. The van der Waals surface area contributed by atoms with Crippen molar-refractivity contribution in [2.75, 3.05) is 23.7 Å². The molecule has 3 N–H and O–H groups in total. The molecule has 0 bridgehead atoms. The monoisotopic (exact) mass is 378 g/mol. The normalized spacial score (nSPS) is 11.3. The molecule has 0 saturated carbocycles. The van der Waals surface area contributed by atoms with Crippen LogP contribution in [0.4, 0.5) is 17.3 Å². The summed E-state index contributed by atoms with van der Waals surface area (Å²) in [7, 11) is 0. The van der Waals surface area contributed by atoms with Crippen molar-refractivity contribution in [2.24, 2.45) is 0 Å². The minimum atomic E-state index is -0.569. The van der Waals surface area contributed by atoms with Crippen molar-refractivity contribution in [2.45, 2.75) is 13.0 Å². The molecule has 0 aliphatic rings. The van der Waals surface area contributed by atoms with Crippen LogP contribution in [0.15, 0.2) is 67.0 Å². The SMILES string of the molecule is CC(Oc1ccccc1)C(=O)NCCNc1ccc(Nc2ccncc2)nn1. The molecule has 0 saturated heterocycles. The molecule has 8 nitrogen and oxygen atoms in total. The van der Waals surface area contributed by atoms with Gasteiger partial charge in [-0.1, -0.05) is 18.2 Å². The summed E-state index contributed by atoms with van der Waals surface area (Å²) in [6.45, 7) is 2.69. The number of nitrogens with zero attached hydrogens (tertiary/aromatic N) is 3. The molecule has 0 aliphatic heterocycles. The van der Waals surface area contributed by atoms with Gasteiger partial charge in [-0.2, -0.15) is 0 Å². The summed E-state index contributed by atoms with van der Waals surface area (Å²) in [5.41, 5.74) is 0.888. The molecule has 0 fully saturated rings. The third-order valence-electron chi connectivity index (χ3n) is 3.77. The molecule has 3 aromatic rings. The molecular weight excluding hydrogens is 356 g/mol. The Hall–Kier alpha value is -3.68. The minimum Gasteiger partial charge on any atom is -0.481 e. The summed E-state index contributed by atoms with van der Waals surface area (Å²) >= 11 is 0. The molecule has 0 aliphatic carbocycles. The lowest BCUT2D eigenvalue weighted by Gasteiger charge is -2.14. The number of rotatable bonds is 9. The first kappa shape index (κ1) is 19.1. The summed E-state index contributed by atoms with van der Waals surface area (Å²) in [6.07, 6.45) is 2.83. The Bertz CT molecular complexity index is 859. The number of nitrogens with one attached hydrogen (secondary N) is 3. The molecular formula is C20H22N6O2. The van der Waals surface area contributed by atoms with Crippen LogP contribution in [0.2, 0.25) is 0 Å². The summed E-state index contributed by atoms with van der Waals surface area (Å²) in [5, 5.41) is 17.3. The van der Waals surface area contributed by atoms with Crippen LogP contribution in [0.3, 0.4) is 0 Å². The van der Waals surface area contributed by atoms with Gasteiger partial charge in [0.2, 0.25) is 0 Å². The Balaban J connectivity index is 1.37. The lowest BCUT2D eigenvalue weighted by molar-refractivity contribution is -0.127. The van der Waals surface area contributed by atoms with Crippen LogP contribution in [0.25, 0.3) is 0 Å². The maximum Gasteiger partial charge on any atom is 0.260 e. The number of hydrogen-bond acceptors (Lipinski definition) is 7. The molecule has 2 aromatic heterocycles. The predicted molar refractivity (Wildman–Crippen MR) is 108 cm³/mol. The van der Waals surface area contributed by atoms with E-state index in [2.05, 4.69) is 31.1 Å². The van der Waals surface area contributed by atoms with Gasteiger partial charge in [-0.05, 0) is 43.3 Å². The summed E-state index contributed by atoms with van der Waals surface area (Å²) in [4.78, 5) is 16.0. The van der Waals surface area contributed by atoms with E-state index in [0.29, 0.717) is 30.5 Å². The van der Waals surface area contributed by atoms with Crippen molar-refractivity contribution in [3.63, 3.8) is 0 Å². The van der Waals surface area contributed by atoms with E-state index in [4.69, 9.17) is 4.74 Å². The summed E-state index contributed by atoms with van der Waals surface area (Å²) in [6, 6.07) is 16.6. The first-order chi connectivity index (χ1) is 13.7. The molecule has 3 rings (SSSR count). The van der Waals surface area contributed by atoms with Gasteiger partial charge in [0, 0.05) is 31.2 Å². The average Bonchev–Trinajstić information content (AvgIpc) is 2.73. The van der Waals surface area contributed by atoms with Gasteiger partial charge in [0.15, 0.2) is 11.9 Å². The number of aromatic nitrogens is 3. The molecule has 1 unspecified atom stereocenters. The molecule has 2 heterocycles. The fourth-order valence-electron chi connectivity index (χ4n) is 2.35. The number of anilines is 3. The van der Waals surface area contributed by atoms with Crippen LogP contribution >= 0.6 is 0 Å². The van der Waals surface area contributed by atoms with Crippen LogP contribution in [0.5, 0.6) is 5.75 Å². The zero-order valence-electron chi connectivity index (χ0n) is 15.5. The smallest absolute Gasteiger partial charge is 0.260 e. The Morgan fingerprint density at radius 2 is 1.68 bits per heavy atom. The van der Waals surface area contributed by atoms with Crippen LogP contribution in [-0.4, -0.2) is 40.3 Å². The molecule has 144 valence electrons. The van der Waals surface area contributed by atoms with Crippen LogP contribution in [-0.2, 0) is 4.79 Å². The fraction of sp³-hybridized carbons (Fsp3) is 0.200. The summed E-state index contributed by atoms with van der Waals surface area (Å²) < 4.78 is 5.59. The zero-order chi connectivity index (χ0) is 19.6. The topological polar surface area (TPSA) is 101 Å². The van der Waals surface area contributed by atoms with E-state index in [0.717, 1.165) is 5.69 Å². The van der Waals surface area contributed by atoms with E-state index in [-0.39, 0.29) is 5.91 Å². The number of benzene rings is 1. The number of amides is 1. The van der Waals surface area contributed by atoms with E-state index in [9.17, 15) is 4.79 Å². The highest BCUT2D eigenvalue weighted by molar-refractivity contribution is 5.80. The largest absolute Gasteiger partial charge is 0.481 e. The molecule has 0 radical (unpaired) electrons. The zero-order valence-corrected chi connectivity index (χ0v) is 15.5. The van der Waals surface area contributed by atoms with Gasteiger partial charge in [-0.15, -0.1) is 10.2 Å². The first-order valence-corrected chi connectivity index (χ1v) is 8.95. The van der Waals surface area contributed by atoms with E-state index >= 15 is 0 Å². The van der Waals surface area contributed by atoms with Crippen LogP contribution < -0.4 is 20.7 Å². The van der Waals surface area contributed by atoms with Crippen molar-refractivity contribution in [3.8, 4) is 5.75 Å². The van der Waals surface area contributed by atoms with Crippen molar-refractivity contribution in [1.29, 1.82) is 0 Å². The van der Waals surface area contributed by atoms with Gasteiger partial charge in [-0.3, -0.25) is 9.78 Å². The van der Waals surface area contributed by atoms with E-state index < -0.39 is 6.10 Å². The number of carbonyl (C=O) groups is 1. The van der Waals surface area contributed by atoms with E-state index in [1.165, 1.54) is 0 Å². The van der Waals surface area contributed by atoms with Gasteiger partial charge >= 0.3 is 0 Å². The molecule has 1 amide bonds. The van der Waals surface area contributed by atoms with Crippen LogP contribution in [0.1, 0.15) is 6.92 Å². The highest BCUT2D eigenvalue weighted by Crippen LogP contribution is 2.13. The van der Waals surface area contributed by atoms with Crippen molar-refractivity contribution in [3.05, 3.63) is 67.0 Å². The highest BCUT2D eigenvalue weighted by Gasteiger charge is 2.13. The van der Waals surface area contributed by atoms with Crippen molar-refractivity contribution in [1.82, 2.24) is 20.5 Å². The van der Waals surface area contributed by atoms with Gasteiger partial charge in [0.25, 0.3) is 5.91 Å². The van der Waals surface area contributed by atoms with Gasteiger partial charge in [-0.25, -0.2) is 0 Å². The molecule has 0 spiro atoms. The number of ether oxygens (including phenoxy) is 1. The Morgan fingerprint density at radius 1 is 0.964 bits per heavy atom. The standard InChI is InChI=1S/C20H22N6O2/c1-15(28-17-5-3-2-4-6-17)20(27)23-14-13-22-18-7-8-19(26-25-18)24-16-9-11-21-12-10-16/h2-12,15H,13-14H2,1H3,(H,22,25)(H,23,27)(H,21,24,26). The third-order valence-corrected chi connectivity index (χ3v) is 3.77. The van der Waals surface area contributed by atoms with Gasteiger partial charge in [0.05, 0.1) is 0 Å². The highest BCUT2D eigenvalue weighted by atomic mass is 16.5. The second-order valence-electron chi connectivity index (χ2n) is 5.96. The lowest BCUT2D eigenvalue weighted by Crippen LogP contribution is -2.38. The van der Waals surface area contributed by atoms with E-state index in [1.807, 2.05) is 54.6 Å². The molecule has 28 heavy (non-hydrogen) atoms. The van der Waals surface area contributed by atoms with Crippen LogP contribution in [0, 0.1) is 0 Å². The van der Waals surface area contributed by atoms with E-state index in [1.54, 1.807) is 19.3 Å². The maximum absolute atomic E-state index is 12.1. The molecule has 1 atom stereocenters. The maximum atomic E-state index is 12.1. The quantitative estimate of drug-likeness (QED) is 0.492. The Labute approximate surface area is 163 Å². The van der Waals surface area contributed by atoms with Gasteiger partial charge in [0.1, 0.15) is 11.6 Å². The molecule has 1 aromatic carbocycles. The van der Waals surface area contributed by atoms with Crippen molar-refractivity contribution >= 4 is 23.2 Å². The predicted octanol–water partition coefficient (Wildman–Crippen LogP) is 2.61.